The fourth-order valence-electron chi connectivity index (χ4n) is 3.34. The number of thiazole rings is 1. The summed E-state index contributed by atoms with van der Waals surface area (Å²) in [5, 5.41) is 5.47. The van der Waals surface area contributed by atoms with E-state index in [2.05, 4.69) is 4.99 Å². The zero-order valence-corrected chi connectivity index (χ0v) is 19.5. The van der Waals surface area contributed by atoms with Crippen LogP contribution in [0.25, 0.3) is 21.2 Å². The Balaban J connectivity index is 1.84. The highest BCUT2D eigenvalue weighted by Gasteiger charge is 2.17. The maximum atomic E-state index is 12.9. The number of hydrogen-bond donors (Lipinski definition) is 1. The van der Waals surface area contributed by atoms with Gasteiger partial charge in [-0.25, -0.2) is 13.6 Å². The summed E-state index contributed by atoms with van der Waals surface area (Å²) in [6.45, 7) is 2.03. The first kappa shape index (κ1) is 23.5. The number of nitrogens with zero attached hydrogens (tertiary/aromatic N) is 2. The largest absolute Gasteiger partial charge is 0.466 e. The minimum atomic E-state index is -3.95. The maximum Gasteiger partial charge on any atom is 0.307 e. The zero-order chi connectivity index (χ0) is 24.5. The molecule has 0 bridgehead atoms. The molecule has 0 aliphatic rings. The van der Waals surface area contributed by atoms with E-state index in [9.17, 15) is 22.8 Å². The highest BCUT2D eigenvalue weighted by atomic mass is 32.2. The molecule has 2 aromatic carbocycles. The molecule has 0 unspecified atom stereocenters. The minimum absolute atomic E-state index is 0.00387. The molecule has 2 aromatic heterocycles. The van der Waals surface area contributed by atoms with Crippen molar-refractivity contribution in [1.29, 1.82) is 0 Å². The maximum absolute atomic E-state index is 12.9. The molecular formula is C22H19N3O7S2. The van der Waals surface area contributed by atoms with Gasteiger partial charge in [0.1, 0.15) is 17.4 Å². The average molecular weight is 502 g/mol. The number of aromatic nitrogens is 1. The SMILES string of the molecule is CCOC(=O)CCn1c(=NC(=O)c2coc3ccccc3c2=O)sc2cc(S(N)(=O)=O)ccc21. The summed E-state index contributed by atoms with van der Waals surface area (Å²) in [6.07, 6.45) is 1.06. The van der Waals surface area contributed by atoms with Gasteiger partial charge in [-0.2, -0.15) is 4.99 Å². The van der Waals surface area contributed by atoms with Gasteiger partial charge in [0.05, 0.1) is 33.5 Å². The third-order valence-corrected chi connectivity index (χ3v) is 6.89. The lowest BCUT2D eigenvalue weighted by Gasteiger charge is -2.06. The van der Waals surface area contributed by atoms with Crippen molar-refractivity contribution in [2.45, 2.75) is 24.8 Å². The number of fused-ring (bicyclic) bond motifs is 2. The van der Waals surface area contributed by atoms with E-state index in [-0.39, 0.29) is 40.2 Å². The number of carbonyl (C=O) groups is 2. The van der Waals surface area contributed by atoms with Crippen molar-refractivity contribution in [3.05, 3.63) is 69.3 Å². The molecule has 34 heavy (non-hydrogen) atoms. The third-order valence-electron chi connectivity index (χ3n) is 4.94. The first-order valence-corrected chi connectivity index (χ1v) is 12.5. The summed E-state index contributed by atoms with van der Waals surface area (Å²) in [7, 11) is -3.95. The number of primary sulfonamides is 1. The smallest absolute Gasteiger partial charge is 0.307 e. The molecule has 2 N–H and O–H groups in total. The third kappa shape index (κ3) is 4.69. The molecule has 1 amide bonds. The Hall–Kier alpha value is -3.61. The molecule has 0 aliphatic carbocycles. The molecule has 0 fully saturated rings. The second-order valence-corrected chi connectivity index (χ2v) is 9.73. The number of rotatable bonds is 6. The minimum Gasteiger partial charge on any atom is -0.466 e. The summed E-state index contributed by atoms with van der Waals surface area (Å²) in [5.74, 6) is -1.27. The first-order valence-electron chi connectivity index (χ1n) is 10.1. The molecule has 10 nitrogen and oxygen atoms in total. The van der Waals surface area contributed by atoms with Crippen LogP contribution in [0, 0.1) is 0 Å². The summed E-state index contributed by atoms with van der Waals surface area (Å²) in [6, 6.07) is 10.7. The van der Waals surface area contributed by atoms with Gasteiger partial charge in [-0.3, -0.25) is 14.4 Å². The van der Waals surface area contributed by atoms with E-state index in [1.54, 1.807) is 35.8 Å². The van der Waals surface area contributed by atoms with E-state index in [4.69, 9.17) is 14.3 Å². The van der Waals surface area contributed by atoms with Crippen LogP contribution in [0.3, 0.4) is 0 Å². The van der Waals surface area contributed by atoms with Crippen LogP contribution < -0.4 is 15.4 Å². The molecule has 12 heteroatoms. The summed E-state index contributed by atoms with van der Waals surface area (Å²) in [4.78, 5) is 41.8. The van der Waals surface area contributed by atoms with Crippen molar-refractivity contribution in [1.82, 2.24) is 4.57 Å². The van der Waals surface area contributed by atoms with Crippen molar-refractivity contribution in [3.8, 4) is 0 Å². The fraction of sp³-hybridized carbons (Fsp3) is 0.182. The molecule has 0 saturated heterocycles. The molecule has 176 valence electrons. The number of benzene rings is 2. The van der Waals surface area contributed by atoms with E-state index < -0.39 is 27.3 Å². The Morgan fingerprint density at radius 2 is 1.97 bits per heavy atom. The van der Waals surface area contributed by atoms with Crippen LogP contribution in [-0.2, 0) is 26.1 Å². The predicted octanol–water partition coefficient (Wildman–Crippen LogP) is 2.15. The predicted molar refractivity (Wildman–Crippen MR) is 125 cm³/mol. The van der Waals surface area contributed by atoms with Gasteiger partial charge < -0.3 is 13.7 Å². The van der Waals surface area contributed by atoms with Crippen molar-refractivity contribution < 1.29 is 27.2 Å². The summed E-state index contributed by atoms with van der Waals surface area (Å²) >= 11 is 1.02. The lowest BCUT2D eigenvalue weighted by atomic mass is 10.2. The van der Waals surface area contributed by atoms with Crippen LogP contribution in [0.1, 0.15) is 23.7 Å². The highest BCUT2D eigenvalue weighted by Crippen LogP contribution is 2.22. The van der Waals surface area contributed by atoms with Gasteiger partial charge in [-0.1, -0.05) is 23.5 Å². The Labute approximate surface area is 197 Å². The molecule has 4 rings (SSSR count). The van der Waals surface area contributed by atoms with Gasteiger partial charge in [-0.15, -0.1) is 0 Å². The van der Waals surface area contributed by atoms with Crippen LogP contribution in [0.15, 0.2) is 67.8 Å². The van der Waals surface area contributed by atoms with E-state index in [1.807, 2.05) is 0 Å². The monoisotopic (exact) mass is 501 g/mol. The van der Waals surface area contributed by atoms with Gasteiger partial charge in [-0.05, 0) is 37.3 Å². The molecular weight excluding hydrogens is 482 g/mol. The normalized spacial score (nSPS) is 12.4. The van der Waals surface area contributed by atoms with Crippen LogP contribution in [0.4, 0.5) is 0 Å². The molecule has 4 aromatic rings. The topological polar surface area (TPSA) is 151 Å². The molecule has 2 heterocycles. The van der Waals surface area contributed by atoms with E-state index >= 15 is 0 Å². The number of esters is 1. The number of hydrogen-bond acceptors (Lipinski definition) is 8. The molecule has 0 saturated carbocycles. The molecule has 0 radical (unpaired) electrons. The molecule has 0 spiro atoms. The van der Waals surface area contributed by atoms with Gasteiger partial charge >= 0.3 is 5.97 Å². The van der Waals surface area contributed by atoms with Crippen molar-refractivity contribution in [2.75, 3.05) is 6.61 Å². The Morgan fingerprint density at radius 3 is 2.71 bits per heavy atom. The van der Waals surface area contributed by atoms with E-state index in [1.165, 1.54) is 18.2 Å². The number of sulfonamides is 1. The Morgan fingerprint density at radius 1 is 1.21 bits per heavy atom. The van der Waals surface area contributed by atoms with E-state index in [0.29, 0.717) is 15.8 Å². The Kier molecular flexibility index (Phi) is 6.46. The average Bonchev–Trinajstić information content (AvgIpc) is 3.13. The number of aryl methyl sites for hydroxylation is 1. The lowest BCUT2D eigenvalue weighted by Crippen LogP contribution is -2.21. The van der Waals surface area contributed by atoms with Crippen LogP contribution in [0.2, 0.25) is 0 Å². The van der Waals surface area contributed by atoms with Gasteiger partial charge in [0, 0.05) is 6.54 Å². The number of nitrogens with two attached hydrogens (primary N) is 1. The van der Waals surface area contributed by atoms with Crippen molar-refractivity contribution in [3.63, 3.8) is 0 Å². The summed E-state index contributed by atoms with van der Waals surface area (Å²) in [5.41, 5.74) is 0.106. The second-order valence-electron chi connectivity index (χ2n) is 7.16. The van der Waals surface area contributed by atoms with E-state index in [0.717, 1.165) is 17.6 Å². The second kappa shape index (κ2) is 9.33. The first-order chi connectivity index (χ1) is 16.2. The lowest BCUT2D eigenvalue weighted by molar-refractivity contribution is -0.143. The summed E-state index contributed by atoms with van der Waals surface area (Å²) < 4.78 is 35.9. The van der Waals surface area contributed by atoms with Gasteiger partial charge in [0.15, 0.2) is 4.80 Å². The Bertz CT molecular complexity index is 1660. The highest BCUT2D eigenvalue weighted by molar-refractivity contribution is 7.89. The zero-order valence-electron chi connectivity index (χ0n) is 17.9. The van der Waals surface area contributed by atoms with Crippen LogP contribution >= 0.6 is 11.3 Å². The molecule has 0 atom stereocenters. The quantitative estimate of drug-likeness (QED) is 0.398. The fourth-order valence-corrected chi connectivity index (χ4v) is 5.05. The molecule has 0 aliphatic heterocycles. The number of amides is 1. The van der Waals surface area contributed by atoms with Gasteiger partial charge in [0.25, 0.3) is 5.91 Å². The van der Waals surface area contributed by atoms with Crippen molar-refractivity contribution in [2.24, 2.45) is 10.1 Å². The standard InChI is InChI=1S/C22H19N3O7S2/c1-2-31-19(26)9-10-25-16-8-7-13(34(23,29)30)11-18(16)33-22(25)24-21(28)15-12-32-17-6-4-3-5-14(17)20(15)27/h3-8,11-12H,2,9-10H2,1H3,(H2,23,29,30). The number of ether oxygens (including phenoxy) is 1. The number of para-hydroxylation sites is 1. The van der Waals surface area contributed by atoms with Crippen LogP contribution in [-0.4, -0.2) is 31.5 Å². The number of carbonyl (C=O) groups excluding carboxylic acids is 2. The van der Waals surface area contributed by atoms with Crippen molar-refractivity contribution >= 4 is 54.4 Å². The van der Waals surface area contributed by atoms with Gasteiger partial charge in [0.2, 0.25) is 15.5 Å². The van der Waals surface area contributed by atoms with Crippen LogP contribution in [0.5, 0.6) is 0 Å².